The van der Waals surface area contributed by atoms with Crippen molar-refractivity contribution in [3.8, 4) is 0 Å². The van der Waals surface area contributed by atoms with Crippen molar-refractivity contribution in [3.63, 3.8) is 0 Å². The zero-order chi connectivity index (χ0) is 12.8. The fraction of sp³-hybridized carbons (Fsp3) is 0.667. The van der Waals surface area contributed by atoms with Crippen LogP contribution < -0.4 is 11.1 Å². The highest BCUT2D eigenvalue weighted by molar-refractivity contribution is 5.44. The fourth-order valence-corrected chi connectivity index (χ4v) is 1.45. The Morgan fingerprint density at radius 1 is 1.35 bits per heavy atom. The molecule has 1 aromatic rings. The number of nitrogens with zero attached hydrogens (tertiary/aromatic N) is 3. The lowest BCUT2D eigenvalue weighted by atomic mass is 10.2. The summed E-state index contributed by atoms with van der Waals surface area (Å²) >= 11 is 0. The van der Waals surface area contributed by atoms with E-state index in [1.807, 2.05) is 0 Å². The molecule has 1 rings (SSSR count). The Kier molecular flexibility index (Phi) is 5.15. The smallest absolute Gasteiger partial charge is 0.135 e. The van der Waals surface area contributed by atoms with Gasteiger partial charge in [-0.05, 0) is 27.1 Å². The predicted octanol–water partition coefficient (Wildman–Crippen LogP) is 1.55. The van der Waals surface area contributed by atoms with Gasteiger partial charge in [0.1, 0.15) is 17.5 Å². The van der Waals surface area contributed by atoms with Crippen LogP contribution in [0.25, 0.3) is 0 Å². The first-order chi connectivity index (χ1) is 7.99. The number of nitrogens with two attached hydrogens (primary N) is 1. The van der Waals surface area contributed by atoms with Crippen LogP contribution in [0.4, 0.5) is 11.6 Å². The molecule has 0 aliphatic heterocycles. The van der Waals surface area contributed by atoms with Gasteiger partial charge in [-0.3, -0.25) is 0 Å². The van der Waals surface area contributed by atoms with E-state index in [2.05, 4.69) is 48.1 Å². The summed E-state index contributed by atoms with van der Waals surface area (Å²) in [5.74, 6) is 2.43. The Balaban J connectivity index is 2.53. The third-order valence-corrected chi connectivity index (χ3v) is 2.37. The Morgan fingerprint density at radius 3 is 2.65 bits per heavy atom. The summed E-state index contributed by atoms with van der Waals surface area (Å²) in [7, 11) is 4.14. The number of hydrogen-bond acceptors (Lipinski definition) is 5. The second-order valence-electron chi connectivity index (χ2n) is 4.77. The van der Waals surface area contributed by atoms with Gasteiger partial charge in [-0.15, -0.1) is 0 Å². The number of hydrogen-bond donors (Lipinski definition) is 2. The number of nitrogen functional groups attached to an aromatic ring is 1. The van der Waals surface area contributed by atoms with Crippen molar-refractivity contribution in [3.05, 3.63) is 11.9 Å². The van der Waals surface area contributed by atoms with E-state index in [-0.39, 0.29) is 0 Å². The topological polar surface area (TPSA) is 67.1 Å². The van der Waals surface area contributed by atoms with Gasteiger partial charge in [0.2, 0.25) is 0 Å². The zero-order valence-electron chi connectivity index (χ0n) is 11.2. The highest BCUT2D eigenvalue weighted by Crippen LogP contribution is 2.14. The lowest BCUT2D eigenvalue weighted by Gasteiger charge is -2.12. The molecule has 0 spiro atoms. The molecular weight excluding hydrogens is 214 g/mol. The first-order valence-electron chi connectivity index (χ1n) is 6.02. The Labute approximate surface area is 103 Å². The van der Waals surface area contributed by atoms with E-state index in [1.165, 1.54) is 0 Å². The van der Waals surface area contributed by atoms with Gasteiger partial charge < -0.3 is 16.0 Å². The van der Waals surface area contributed by atoms with Crippen molar-refractivity contribution in [2.45, 2.75) is 26.2 Å². The Morgan fingerprint density at radius 2 is 2.06 bits per heavy atom. The van der Waals surface area contributed by atoms with Crippen LogP contribution in [0.1, 0.15) is 32.0 Å². The lowest BCUT2D eigenvalue weighted by molar-refractivity contribution is 0.405. The van der Waals surface area contributed by atoms with Crippen LogP contribution in [0.15, 0.2) is 6.07 Å². The van der Waals surface area contributed by atoms with E-state index < -0.39 is 0 Å². The van der Waals surface area contributed by atoms with Crippen LogP contribution in [-0.4, -0.2) is 42.1 Å². The molecule has 0 bridgehead atoms. The maximum atomic E-state index is 5.75. The van der Waals surface area contributed by atoms with Gasteiger partial charge in [-0.25, -0.2) is 9.97 Å². The summed E-state index contributed by atoms with van der Waals surface area (Å²) in [6.45, 7) is 6.08. The molecule has 17 heavy (non-hydrogen) atoms. The second kappa shape index (κ2) is 6.39. The van der Waals surface area contributed by atoms with E-state index in [9.17, 15) is 0 Å². The molecule has 0 fully saturated rings. The number of aromatic nitrogens is 2. The van der Waals surface area contributed by atoms with E-state index in [4.69, 9.17) is 5.73 Å². The monoisotopic (exact) mass is 237 g/mol. The van der Waals surface area contributed by atoms with Crippen molar-refractivity contribution < 1.29 is 0 Å². The largest absolute Gasteiger partial charge is 0.384 e. The molecule has 0 amide bonds. The van der Waals surface area contributed by atoms with Gasteiger partial charge in [0.05, 0.1) is 0 Å². The zero-order valence-corrected chi connectivity index (χ0v) is 11.2. The van der Waals surface area contributed by atoms with E-state index in [0.29, 0.717) is 11.7 Å². The SMILES string of the molecule is CC(C)c1nc(N)cc(NCCCN(C)C)n1. The number of nitrogens with one attached hydrogen (secondary N) is 1. The van der Waals surface area contributed by atoms with E-state index in [0.717, 1.165) is 31.2 Å². The maximum Gasteiger partial charge on any atom is 0.135 e. The molecule has 96 valence electrons. The quantitative estimate of drug-likeness (QED) is 0.735. The summed E-state index contributed by atoms with van der Waals surface area (Å²) in [6.07, 6.45) is 1.08. The van der Waals surface area contributed by atoms with Gasteiger partial charge in [0.25, 0.3) is 0 Å². The van der Waals surface area contributed by atoms with E-state index >= 15 is 0 Å². The van der Waals surface area contributed by atoms with Gasteiger partial charge in [-0.2, -0.15) is 0 Å². The Bertz CT molecular complexity index is 349. The van der Waals surface area contributed by atoms with E-state index in [1.54, 1.807) is 6.07 Å². The van der Waals surface area contributed by atoms with Gasteiger partial charge in [0.15, 0.2) is 0 Å². The fourth-order valence-electron chi connectivity index (χ4n) is 1.45. The average molecular weight is 237 g/mol. The summed E-state index contributed by atoms with van der Waals surface area (Å²) in [5, 5.41) is 3.28. The molecule has 5 nitrogen and oxygen atoms in total. The first-order valence-corrected chi connectivity index (χ1v) is 6.02. The van der Waals surface area contributed by atoms with Crippen LogP contribution >= 0.6 is 0 Å². The van der Waals surface area contributed by atoms with Crippen LogP contribution in [0.2, 0.25) is 0 Å². The molecular formula is C12H23N5. The molecule has 1 aromatic heterocycles. The molecule has 0 saturated heterocycles. The molecule has 5 heteroatoms. The third-order valence-electron chi connectivity index (χ3n) is 2.37. The summed E-state index contributed by atoms with van der Waals surface area (Å²) < 4.78 is 0. The molecule has 0 aliphatic carbocycles. The lowest BCUT2D eigenvalue weighted by Crippen LogP contribution is -2.17. The van der Waals surface area contributed by atoms with Gasteiger partial charge >= 0.3 is 0 Å². The highest BCUT2D eigenvalue weighted by atomic mass is 15.1. The molecule has 3 N–H and O–H groups in total. The minimum absolute atomic E-state index is 0.292. The van der Waals surface area contributed by atoms with Crippen LogP contribution in [0.3, 0.4) is 0 Å². The van der Waals surface area contributed by atoms with Gasteiger partial charge in [-0.1, -0.05) is 13.8 Å². The van der Waals surface area contributed by atoms with Crippen molar-refractivity contribution in [1.29, 1.82) is 0 Å². The standard InChI is InChI=1S/C12H23N5/c1-9(2)12-15-10(13)8-11(16-12)14-6-5-7-17(3)4/h8-9H,5-7H2,1-4H3,(H3,13,14,15,16). The summed E-state index contributed by atoms with van der Waals surface area (Å²) in [5.41, 5.74) is 5.75. The van der Waals surface area contributed by atoms with Crippen molar-refractivity contribution >= 4 is 11.6 Å². The molecule has 0 aliphatic rings. The van der Waals surface area contributed by atoms with Crippen molar-refractivity contribution in [2.75, 3.05) is 38.2 Å². The van der Waals surface area contributed by atoms with Crippen molar-refractivity contribution in [2.24, 2.45) is 0 Å². The van der Waals surface area contributed by atoms with Gasteiger partial charge in [0, 0.05) is 18.5 Å². The molecule has 0 radical (unpaired) electrons. The number of rotatable bonds is 6. The first kappa shape index (κ1) is 13.7. The maximum absolute atomic E-state index is 5.75. The summed E-state index contributed by atoms with van der Waals surface area (Å²) in [4.78, 5) is 10.8. The molecule has 1 heterocycles. The van der Waals surface area contributed by atoms with Crippen LogP contribution in [0.5, 0.6) is 0 Å². The normalized spacial score (nSPS) is 11.2. The minimum atomic E-state index is 0.292. The summed E-state index contributed by atoms with van der Waals surface area (Å²) in [6, 6.07) is 1.78. The number of anilines is 2. The second-order valence-corrected chi connectivity index (χ2v) is 4.77. The Hall–Kier alpha value is -1.36. The molecule has 0 unspecified atom stereocenters. The van der Waals surface area contributed by atoms with Crippen LogP contribution in [0, 0.1) is 0 Å². The third kappa shape index (κ3) is 4.99. The van der Waals surface area contributed by atoms with Crippen molar-refractivity contribution in [1.82, 2.24) is 14.9 Å². The molecule has 0 aromatic carbocycles. The minimum Gasteiger partial charge on any atom is -0.384 e. The average Bonchev–Trinajstić information content (AvgIpc) is 2.23. The molecule has 0 atom stereocenters. The highest BCUT2D eigenvalue weighted by Gasteiger charge is 2.06. The predicted molar refractivity (Wildman–Crippen MR) is 72.2 cm³/mol. The molecule has 0 saturated carbocycles. The van der Waals surface area contributed by atoms with Crippen LogP contribution in [-0.2, 0) is 0 Å².